The second kappa shape index (κ2) is 9.45. The van der Waals surface area contributed by atoms with Gasteiger partial charge in [0.15, 0.2) is 0 Å². The van der Waals surface area contributed by atoms with Crippen molar-refractivity contribution in [2.45, 2.75) is 25.8 Å². The molecule has 0 saturated carbocycles. The number of aryl methyl sites for hydroxylation is 1. The first kappa shape index (κ1) is 21.3. The SMILES string of the molecule is CS(=O)(=O)N1CCc2cc(OCCCc3ccc(Oc4cnccn4)cc3)ccc2C1. The molecule has 0 radical (unpaired) electrons. The average molecular weight is 440 g/mol. The summed E-state index contributed by atoms with van der Waals surface area (Å²) in [4.78, 5) is 8.08. The fourth-order valence-corrected chi connectivity index (χ4v) is 4.32. The molecule has 1 aliphatic heterocycles. The molecule has 0 N–H and O–H groups in total. The fourth-order valence-electron chi connectivity index (χ4n) is 3.53. The molecule has 0 unspecified atom stereocenters. The highest BCUT2D eigenvalue weighted by Crippen LogP contribution is 2.25. The van der Waals surface area contributed by atoms with Crippen molar-refractivity contribution in [2.75, 3.05) is 19.4 Å². The van der Waals surface area contributed by atoms with Gasteiger partial charge in [-0.15, -0.1) is 0 Å². The van der Waals surface area contributed by atoms with Crippen LogP contribution in [0, 0.1) is 0 Å². The molecule has 0 atom stereocenters. The van der Waals surface area contributed by atoms with E-state index in [4.69, 9.17) is 9.47 Å². The van der Waals surface area contributed by atoms with Gasteiger partial charge in [0.2, 0.25) is 15.9 Å². The molecule has 1 aliphatic rings. The standard InChI is InChI=1S/C23H25N3O4S/c1-31(27,28)26-13-10-19-15-22(9-6-20(19)17-26)29-14-2-3-18-4-7-21(8-5-18)30-23-16-24-11-12-25-23/h4-9,11-12,15-16H,2-3,10,13-14,17H2,1H3. The van der Waals surface area contributed by atoms with Crippen LogP contribution in [0.3, 0.4) is 0 Å². The van der Waals surface area contributed by atoms with Crippen molar-refractivity contribution >= 4 is 10.0 Å². The molecule has 0 fully saturated rings. The van der Waals surface area contributed by atoms with Gasteiger partial charge in [0.25, 0.3) is 0 Å². The Balaban J connectivity index is 1.24. The summed E-state index contributed by atoms with van der Waals surface area (Å²) in [6, 6.07) is 13.9. The summed E-state index contributed by atoms with van der Waals surface area (Å²) in [5, 5.41) is 0. The van der Waals surface area contributed by atoms with Gasteiger partial charge in [0, 0.05) is 25.5 Å². The zero-order valence-corrected chi connectivity index (χ0v) is 18.2. The minimum Gasteiger partial charge on any atom is -0.494 e. The summed E-state index contributed by atoms with van der Waals surface area (Å²) in [7, 11) is -3.15. The number of nitrogens with zero attached hydrogens (tertiary/aromatic N) is 3. The van der Waals surface area contributed by atoms with Crippen LogP contribution in [0.25, 0.3) is 0 Å². The second-order valence-electron chi connectivity index (χ2n) is 7.52. The topological polar surface area (TPSA) is 81.6 Å². The lowest BCUT2D eigenvalue weighted by atomic mass is 10.0. The van der Waals surface area contributed by atoms with E-state index in [1.165, 1.54) is 16.1 Å². The molecule has 31 heavy (non-hydrogen) atoms. The first-order valence-electron chi connectivity index (χ1n) is 10.2. The van der Waals surface area contributed by atoms with Crippen molar-refractivity contribution in [1.29, 1.82) is 0 Å². The van der Waals surface area contributed by atoms with E-state index in [9.17, 15) is 8.42 Å². The Hall–Kier alpha value is -2.97. The van der Waals surface area contributed by atoms with Crippen molar-refractivity contribution in [3.8, 4) is 17.4 Å². The van der Waals surface area contributed by atoms with Crippen molar-refractivity contribution in [3.63, 3.8) is 0 Å². The number of fused-ring (bicyclic) bond motifs is 1. The zero-order chi connectivity index (χ0) is 21.7. The number of sulfonamides is 1. The summed E-state index contributed by atoms with van der Waals surface area (Å²) in [6.07, 6.45) is 8.54. The molecule has 162 valence electrons. The van der Waals surface area contributed by atoms with Crippen LogP contribution in [0.4, 0.5) is 0 Å². The Morgan fingerprint density at radius 1 is 1.03 bits per heavy atom. The first-order chi connectivity index (χ1) is 15.0. The summed E-state index contributed by atoms with van der Waals surface area (Å²) in [6.45, 7) is 1.57. The van der Waals surface area contributed by atoms with Crippen molar-refractivity contribution in [3.05, 3.63) is 77.7 Å². The molecule has 0 aliphatic carbocycles. The van der Waals surface area contributed by atoms with Crippen molar-refractivity contribution in [1.82, 2.24) is 14.3 Å². The number of rotatable bonds is 8. The molecule has 2 heterocycles. The van der Waals surface area contributed by atoms with E-state index in [1.807, 2.05) is 42.5 Å². The molecule has 0 saturated heterocycles. The van der Waals surface area contributed by atoms with E-state index in [-0.39, 0.29) is 0 Å². The monoisotopic (exact) mass is 439 g/mol. The van der Waals surface area contributed by atoms with E-state index in [0.29, 0.717) is 32.0 Å². The minimum absolute atomic E-state index is 0.436. The third-order valence-corrected chi connectivity index (χ3v) is 6.44. The summed E-state index contributed by atoms with van der Waals surface area (Å²) in [5.74, 6) is 2.03. The second-order valence-corrected chi connectivity index (χ2v) is 9.50. The van der Waals surface area contributed by atoms with Gasteiger partial charge in [-0.05, 0) is 60.2 Å². The molecule has 4 rings (SSSR count). The molecule has 7 nitrogen and oxygen atoms in total. The number of hydrogen-bond donors (Lipinski definition) is 0. The molecule has 0 spiro atoms. The van der Waals surface area contributed by atoms with Crippen LogP contribution in [0.15, 0.2) is 61.1 Å². The maximum absolute atomic E-state index is 11.7. The first-order valence-corrected chi connectivity index (χ1v) is 12.0. The molecule has 2 aromatic carbocycles. The minimum atomic E-state index is -3.15. The Morgan fingerprint density at radius 3 is 2.58 bits per heavy atom. The van der Waals surface area contributed by atoms with Crippen LogP contribution in [0.2, 0.25) is 0 Å². The maximum atomic E-state index is 11.7. The Bertz CT molecular complexity index is 1120. The summed E-state index contributed by atoms with van der Waals surface area (Å²) < 4.78 is 36.6. The quantitative estimate of drug-likeness (QED) is 0.499. The number of benzene rings is 2. The van der Waals surface area contributed by atoms with Crippen LogP contribution >= 0.6 is 0 Å². The van der Waals surface area contributed by atoms with Gasteiger partial charge in [0.05, 0.1) is 19.1 Å². The Labute approximate surface area is 182 Å². The largest absolute Gasteiger partial charge is 0.494 e. The molecule has 8 heteroatoms. The third-order valence-electron chi connectivity index (χ3n) is 5.19. The van der Waals surface area contributed by atoms with Crippen LogP contribution in [0.5, 0.6) is 17.4 Å². The number of hydrogen-bond acceptors (Lipinski definition) is 6. The van der Waals surface area contributed by atoms with Gasteiger partial charge in [-0.25, -0.2) is 13.4 Å². The van der Waals surface area contributed by atoms with E-state index in [2.05, 4.69) is 9.97 Å². The predicted octanol–water partition coefficient (Wildman–Crippen LogP) is 3.60. The van der Waals surface area contributed by atoms with E-state index >= 15 is 0 Å². The lowest BCUT2D eigenvalue weighted by Gasteiger charge is -2.27. The van der Waals surface area contributed by atoms with Gasteiger partial charge < -0.3 is 9.47 Å². The Kier molecular flexibility index (Phi) is 6.48. The van der Waals surface area contributed by atoms with Gasteiger partial charge >= 0.3 is 0 Å². The normalized spacial score (nSPS) is 14.1. The molecule has 0 amide bonds. The van der Waals surface area contributed by atoms with E-state index < -0.39 is 10.0 Å². The van der Waals surface area contributed by atoms with Crippen molar-refractivity contribution in [2.24, 2.45) is 0 Å². The summed E-state index contributed by atoms with van der Waals surface area (Å²) >= 11 is 0. The van der Waals surface area contributed by atoms with Crippen LogP contribution < -0.4 is 9.47 Å². The lowest BCUT2D eigenvalue weighted by Crippen LogP contribution is -2.35. The highest BCUT2D eigenvalue weighted by molar-refractivity contribution is 7.88. The van der Waals surface area contributed by atoms with Crippen LogP contribution in [-0.4, -0.2) is 42.1 Å². The van der Waals surface area contributed by atoms with Crippen LogP contribution in [0.1, 0.15) is 23.1 Å². The van der Waals surface area contributed by atoms with Gasteiger partial charge in [-0.1, -0.05) is 18.2 Å². The highest BCUT2D eigenvalue weighted by atomic mass is 32.2. The number of ether oxygens (including phenoxy) is 2. The Morgan fingerprint density at radius 2 is 1.84 bits per heavy atom. The van der Waals surface area contributed by atoms with Crippen LogP contribution in [-0.2, 0) is 29.4 Å². The molecule has 3 aromatic rings. The summed E-state index contributed by atoms with van der Waals surface area (Å²) in [5.41, 5.74) is 3.42. The molecular weight excluding hydrogens is 414 g/mol. The predicted molar refractivity (Wildman–Crippen MR) is 118 cm³/mol. The van der Waals surface area contributed by atoms with Gasteiger partial charge in [-0.3, -0.25) is 4.98 Å². The van der Waals surface area contributed by atoms with Gasteiger partial charge in [0.1, 0.15) is 11.5 Å². The van der Waals surface area contributed by atoms with E-state index in [1.54, 1.807) is 18.6 Å². The van der Waals surface area contributed by atoms with Crippen molar-refractivity contribution < 1.29 is 17.9 Å². The molecule has 1 aromatic heterocycles. The lowest BCUT2D eigenvalue weighted by molar-refractivity contribution is 0.309. The molecular formula is C23H25N3O4S. The highest BCUT2D eigenvalue weighted by Gasteiger charge is 2.23. The maximum Gasteiger partial charge on any atom is 0.237 e. The third kappa shape index (κ3) is 5.80. The molecule has 0 bridgehead atoms. The van der Waals surface area contributed by atoms with E-state index in [0.717, 1.165) is 35.5 Å². The van der Waals surface area contributed by atoms with Gasteiger partial charge in [-0.2, -0.15) is 4.31 Å². The average Bonchev–Trinajstić information content (AvgIpc) is 2.77. The fraction of sp³-hybridized carbons (Fsp3) is 0.304. The number of aromatic nitrogens is 2. The smallest absolute Gasteiger partial charge is 0.237 e. The zero-order valence-electron chi connectivity index (χ0n) is 17.4.